The second-order valence-corrected chi connectivity index (χ2v) is 6.19. The minimum absolute atomic E-state index is 0.142. The van der Waals surface area contributed by atoms with Gasteiger partial charge in [0, 0.05) is 12.1 Å². The molecule has 0 radical (unpaired) electrons. The maximum atomic E-state index is 5.95. The van der Waals surface area contributed by atoms with Gasteiger partial charge in [0.25, 0.3) is 5.95 Å². The number of hydrogen-bond acceptors (Lipinski definition) is 7. The van der Waals surface area contributed by atoms with E-state index in [-0.39, 0.29) is 12.1 Å². The molecule has 2 N–H and O–H groups in total. The predicted octanol–water partition coefficient (Wildman–Crippen LogP) is 1.52. The molecule has 3 rings (SSSR count). The van der Waals surface area contributed by atoms with Crippen LogP contribution in [0.2, 0.25) is 0 Å². The third kappa shape index (κ3) is 4.08. The number of ether oxygens (including phenoxy) is 1. The lowest BCUT2D eigenvalue weighted by Gasteiger charge is -2.19. The Hall–Kier alpha value is -2.48. The summed E-state index contributed by atoms with van der Waals surface area (Å²) in [5, 5.41) is 14.9. The number of hydrogen-bond donors (Lipinski definition) is 1. The van der Waals surface area contributed by atoms with Crippen LogP contribution in [0, 0.1) is 0 Å². The molecule has 1 aromatic carbocycles. The van der Waals surface area contributed by atoms with Gasteiger partial charge in [-0.15, -0.1) is 0 Å². The minimum atomic E-state index is 0.142. The van der Waals surface area contributed by atoms with E-state index in [1.165, 1.54) is 23.2 Å². The van der Waals surface area contributed by atoms with Crippen molar-refractivity contribution >= 4 is 12.2 Å². The number of anilines is 1. The Morgan fingerprint density at radius 2 is 2.12 bits per heavy atom. The Balaban J connectivity index is 1.82. The van der Waals surface area contributed by atoms with Crippen LogP contribution in [0.1, 0.15) is 37.8 Å². The molecular formula is C16H23N7O. The highest BCUT2D eigenvalue weighted by Crippen LogP contribution is 2.24. The fourth-order valence-electron chi connectivity index (χ4n) is 2.75. The van der Waals surface area contributed by atoms with Gasteiger partial charge >= 0.3 is 0 Å². The second kappa shape index (κ2) is 7.39. The summed E-state index contributed by atoms with van der Waals surface area (Å²) < 4.78 is 5.95. The summed E-state index contributed by atoms with van der Waals surface area (Å²) in [6.45, 7) is 7.24. The molecule has 8 nitrogen and oxygen atoms in total. The zero-order valence-electron chi connectivity index (χ0n) is 14.1. The molecule has 0 spiro atoms. The van der Waals surface area contributed by atoms with Crippen molar-refractivity contribution in [3.63, 3.8) is 0 Å². The highest BCUT2D eigenvalue weighted by atomic mass is 16.5. The Labute approximate surface area is 141 Å². The highest BCUT2D eigenvalue weighted by Gasteiger charge is 2.15. The molecule has 1 aromatic heterocycles. The maximum Gasteiger partial charge on any atom is 0.263 e. The van der Waals surface area contributed by atoms with Gasteiger partial charge in [0.15, 0.2) is 0 Å². The van der Waals surface area contributed by atoms with E-state index in [4.69, 9.17) is 10.5 Å². The van der Waals surface area contributed by atoms with Gasteiger partial charge in [-0.1, -0.05) is 9.89 Å². The third-order valence-electron chi connectivity index (χ3n) is 3.83. The van der Waals surface area contributed by atoms with Crippen LogP contribution in [0.3, 0.4) is 0 Å². The molecular weight excluding hydrogens is 306 g/mol. The molecule has 2 aromatic rings. The molecule has 8 heteroatoms. The molecule has 0 aliphatic carbocycles. The van der Waals surface area contributed by atoms with Crippen LogP contribution in [0.5, 0.6) is 5.75 Å². The van der Waals surface area contributed by atoms with Crippen molar-refractivity contribution in [3.05, 3.63) is 29.3 Å². The van der Waals surface area contributed by atoms with Gasteiger partial charge in [-0.3, -0.25) is 4.90 Å². The number of benzene rings is 1. The fraction of sp³-hybridized carbons (Fsp3) is 0.500. The fourth-order valence-corrected chi connectivity index (χ4v) is 2.75. The molecule has 1 fully saturated rings. The summed E-state index contributed by atoms with van der Waals surface area (Å²) in [6, 6.07) is 6.06. The van der Waals surface area contributed by atoms with Crippen molar-refractivity contribution < 1.29 is 4.74 Å². The molecule has 0 amide bonds. The second-order valence-electron chi connectivity index (χ2n) is 6.19. The quantitative estimate of drug-likeness (QED) is 0.808. The average Bonchev–Trinajstić information content (AvgIpc) is 3.19. The molecule has 0 unspecified atom stereocenters. The maximum absolute atomic E-state index is 5.95. The van der Waals surface area contributed by atoms with Gasteiger partial charge < -0.3 is 10.5 Å². The van der Waals surface area contributed by atoms with Crippen LogP contribution < -0.4 is 10.5 Å². The van der Waals surface area contributed by atoms with E-state index in [0.717, 1.165) is 30.9 Å². The zero-order valence-corrected chi connectivity index (χ0v) is 14.1. The number of nitrogens with zero attached hydrogens (tertiary/aromatic N) is 6. The Kier molecular flexibility index (Phi) is 5.05. The predicted molar refractivity (Wildman–Crippen MR) is 91.9 cm³/mol. The van der Waals surface area contributed by atoms with Crippen LogP contribution in [0.15, 0.2) is 23.3 Å². The van der Waals surface area contributed by atoms with Gasteiger partial charge in [0.05, 0.1) is 12.3 Å². The van der Waals surface area contributed by atoms with E-state index in [0.29, 0.717) is 0 Å². The Morgan fingerprint density at radius 3 is 2.79 bits per heavy atom. The van der Waals surface area contributed by atoms with Crippen molar-refractivity contribution in [1.82, 2.24) is 25.2 Å². The van der Waals surface area contributed by atoms with E-state index in [1.54, 1.807) is 6.21 Å². The van der Waals surface area contributed by atoms with Crippen LogP contribution >= 0.6 is 0 Å². The molecule has 0 bridgehead atoms. The summed E-state index contributed by atoms with van der Waals surface area (Å²) in [6.07, 6.45) is 4.36. The van der Waals surface area contributed by atoms with Gasteiger partial charge in [-0.2, -0.15) is 5.10 Å². The number of rotatable bonds is 6. The lowest BCUT2D eigenvalue weighted by atomic mass is 10.1. The summed E-state index contributed by atoms with van der Waals surface area (Å²) in [4.78, 5) is 3.64. The standard InChI is InChI=1S/C16H23N7O/c1-12(2)24-15-6-5-13(10-18-23-16(17)19-20-21-23)9-14(15)11-22-7-3-4-8-22/h5-6,9-10,12H,3-4,7-8,11H2,1-2H3,(H2,17,19,21)/b18-10-. The van der Waals surface area contributed by atoms with Crippen LogP contribution in [-0.4, -0.2) is 50.6 Å². The van der Waals surface area contributed by atoms with Crippen molar-refractivity contribution in [2.75, 3.05) is 18.8 Å². The summed E-state index contributed by atoms with van der Waals surface area (Å²) in [7, 11) is 0. The van der Waals surface area contributed by atoms with Crippen molar-refractivity contribution in [2.45, 2.75) is 39.3 Å². The first-order chi connectivity index (χ1) is 11.6. The van der Waals surface area contributed by atoms with Gasteiger partial charge in [0.1, 0.15) is 5.75 Å². The molecule has 24 heavy (non-hydrogen) atoms. The Bertz CT molecular complexity index is 704. The van der Waals surface area contributed by atoms with Crippen LogP contribution in [0.4, 0.5) is 5.95 Å². The largest absolute Gasteiger partial charge is 0.491 e. The number of nitrogen functional groups attached to an aromatic ring is 1. The smallest absolute Gasteiger partial charge is 0.263 e. The molecule has 1 aliphatic rings. The lowest BCUT2D eigenvalue weighted by Crippen LogP contribution is -2.19. The summed E-state index contributed by atoms with van der Waals surface area (Å²) >= 11 is 0. The van der Waals surface area contributed by atoms with Gasteiger partial charge in [0.2, 0.25) is 0 Å². The van der Waals surface area contributed by atoms with Crippen molar-refractivity contribution in [3.8, 4) is 5.75 Å². The van der Waals surface area contributed by atoms with E-state index >= 15 is 0 Å². The molecule has 1 saturated heterocycles. The van der Waals surface area contributed by atoms with Crippen molar-refractivity contribution in [1.29, 1.82) is 0 Å². The normalized spacial score (nSPS) is 15.6. The summed E-state index contributed by atoms with van der Waals surface area (Å²) in [5.41, 5.74) is 7.73. The lowest BCUT2D eigenvalue weighted by molar-refractivity contribution is 0.234. The molecule has 0 atom stereocenters. The van der Waals surface area contributed by atoms with E-state index in [2.05, 4.69) is 31.6 Å². The monoisotopic (exact) mass is 329 g/mol. The van der Waals surface area contributed by atoms with Gasteiger partial charge in [-0.25, -0.2) is 0 Å². The van der Waals surface area contributed by atoms with E-state index in [1.807, 2.05) is 26.0 Å². The van der Waals surface area contributed by atoms with Crippen LogP contribution in [-0.2, 0) is 6.54 Å². The van der Waals surface area contributed by atoms with E-state index < -0.39 is 0 Å². The first kappa shape index (κ1) is 16.4. The number of aromatic nitrogens is 4. The molecule has 1 aliphatic heterocycles. The van der Waals surface area contributed by atoms with E-state index in [9.17, 15) is 0 Å². The first-order valence-electron chi connectivity index (χ1n) is 8.22. The number of likely N-dealkylation sites (tertiary alicyclic amines) is 1. The zero-order chi connectivity index (χ0) is 16.9. The molecule has 128 valence electrons. The van der Waals surface area contributed by atoms with Crippen molar-refractivity contribution in [2.24, 2.45) is 5.10 Å². The first-order valence-corrected chi connectivity index (χ1v) is 8.22. The summed E-state index contributed by atoms with van der Waals surface area (Å²) in [5.74, 6) is 1.08. The number of nitrogens with two attached hydrogens (primary N) is 1. The minimum Gasteiger partial charge on any atom is -0.491 e. The molecule has 0 saturated carbocycles. The van der Waals surface area contributed by atoms with Gasteiger partial charge in [-0.05, 0) is 74.0 Å². The third-order valence-corrected chi connectivity index (χ3v) is 3.83. The Morgan fingerprint density at radius 1 is 1.33 bits per heavy atom. The van der Waals surface area contributed by atoms with Crippen LogP contribution in [0.25, 0.3) is 0 Å². The number of tetrazole rings is 1. The average molecular weight is 329 g/mol. The SMILES string of the molecule is CC(C)Oc1ccc(/C=N\n2nnnc2N)cc1CN1CCCC1. The molecule has 2 heterocycles. The topological polar surface area (TPSA) is 94.4 Å². The highest BCUT2D eigenvalue weighted by molar-refractivity contribution is 5.80.